The highest BCUT2D eigenvalue weighted by atomic mass is 35.5. The number of carbonyl (C=O) groups excluding carboxylic acids is 2. The number of hydrogen-bond acceptors (Lipinski definition) is 6. The zero-order chi connectivity index (χ0) is 23.8. The molecule has 0 saturated carbocycles. The Kier molecular flexibility index (Phi) is 6.45. The lowest BCUT2D eigenvalue weighted by Gasteiger charge is -2.40. The van der Waals surface area contributed by atoms with Gasteiger partial charge in [-0.15, -0.1) is 0 Å². The maximum absolute atomic E-state index is 12.7. The van der Waals surface area contributed by atoms with Gasteiger partial charge in [-0.05, 0) is 61.7 Å². The molecule has 2 aromatic rings. The first-order valence-corrected chi connectivity index (χ1v) is 11.3. The van der Waals surface area contributed by atoms with Gasteiger partial charge in [0.2, 0.25) is 0 Å². The van der Waals surface area contributed by atoms with Gasteiger partial charge in [-0.3, -0.25) is 9.88 Å². The Balaban J connectivity index is 1.70. The maximum atomic E-state index is 12.7. The van der Waals surface area contributed by atoms with Crippen molar-refractivity contribution >= 4 is 35.3 Å². The second-order valence-corrected chi connectivity index (χ2v) is 9.60. The van der Waals surface area contributed by atoms with Crippen molar-refractivity contribution in [2.45, 2.75) is 32.4 Å². The van der Waals surface area contributed by atoms with Crippen LogP contribution in [0.3, 0.4) is 0 Å². The third-order valence-corrected chi connectivity index (χ3v) is 6.00. The third-order valence-electron chi connectivity index (χ3n) is 5.77. The van der Waals surface area contributed by atoms with E-state index in [-0.39, 0.29) is 12.1 Å². The summed E-state index contributed by atoms with van der Waals surface area (Å²) < 4.78 is 10.6. The molecule has 0 radical (unpaired) electrons. The number of piperazine rings is 1. The molecule has 0 bridgehead atoms. The Morgan fingerprint density at radius 2 is 1.85 bits per heavy atom. The first kappa shape index (κ1) is 23.3. The lowest BCUT2D eigenvalue weighted by Crippen LogP contribution is -2.51. The van der Waals surface area contributed by atoms with Gasteiger partial charge in [0, 0.05) is 37.4 Å². The molecule has 1 unspecified atom stereocenters. The minimum atomic E-state index is -0.535. The van der Waals surface area contributed by atoms with Crippen molar-refractivity contribution in [2.75, 3.05) is 33.3 Å². The average Bonchev–Trinajstić information content (AvgIpc) is 2.92. The van der Waals surface area contributed by atoms with Crippen molar-refractivity contribution in [3.63, 3.8) is 0 Å². The SMILES string of the molecule is COC(=O)C1=Cc2cccnc2C(N2CCN(C(=O)OC(C)(C)C)CC2)c2ccc(Cl)cc21. The number of benzene rings is 1. The van der Waals surface area contributed by atoms with E-state index in [9.17, 15) is 9.59 Å². The summed E-state index contributed by atoms with van der Waals surface area (Å²) in [5.41, 5.74) is 3.27. The Bertz CT molecular complexity index is 1100. The van der Waals surface area contributed by atoms with Crippen LogP contribution in [0, 0.1) is 0 Å². The third kappa shape index (κ3) is 4.89. The Labute approximate surface area is 198 Å². The van der Waals surface area contributed by atoms with E-state index in [1.165, 1.54) is 7.11 Å². The zero-order valence-corrected chi connectivity index (χ0v) is 20.1. The Hall–Kier alpha value is -2.90. The number of methoxy groups -OCH3 is 1. The summed E-state index contributed by atoms with van der Waals surface area (Å²) in [6.45, 7) is 7.93. The Morgan fingerprint density at radius 1 is 1.12 bits per heavy atom. The van der Waals surface area contributed by atoms with Gasteiger partial charge in [0.1, 0.15) is 5.60 Å². The second kappa shape index (κ2) is 9.15. The van der Waals surface area contributed by atoms with Crippen LogP contribution in [0.25, 0.3) is 11.6 Å². The predicted octanol–water partition coefficient (Wildman–Crippen LogP) is 4.40. The molecule has 174 valence electrons. The number of esters is 1. The van der Waals surface area contributed by atoms with Crippen LogP contribution in [-0.2, 0) is 14.3 Å². The summed E-state index contributed by atoms with van der Waals surface area (Å²) in [5.74, 6) is -0.427. The predicted molar refractivity (Wildman–Crippen MR) is 127 cm³/mol. The van der Waals surface area contributed by atoms with Gasteiger partial charge in [-0.25, -0.2) is 9.59 Å². The largest absolute Gasteiger partial charge is 0.465 e. The van der Waals surface area contributed by atoms with Crippen molar-refractivity contribution in [1.29, 1.82) is 0 Å². The molecule has 1 atom stereocenters. The molecule has 1 saturated heterocycles. The number of amides is 1. The fourth-order valence-electron chi connectivity index (χ4n) is 4.30. The highest BCUT2D eigenvalue weighted by molar-refractivity contribution is 6.31. The van der Waals surface area contributed by atoms with Gasteiger partial charge in [-0.1, -0.05) is 23.7 Å². The topological polar surface area (TPSA) is 72.0 Å². The first-order valence-electron chi connectivity index (χ1n) is 10.9. The number of pyridine rings is 1. The highest BCUT2D eigenvalue weighted by Crippen LogP contribution is 2.40. The van der Waals surface area contributed by atoms with Gasteiger partial charge in [0.25, 0.3) is 0 Å². The van der Waals surface area contributed by atoms with Gasteiger partial charge in [-0.2, -0.15) is 0 Å². The summed E-state index contributed by atoms with van der Waals surface area (Å²) >= 11 is 6.33. The molecule has 1 aromatic heterocycles. The number of fused-ring (bicyclic) bond motifs is 2. The normalized spacial score (nSPS) is 18.5. The first-order chi connectivity index (χ1) is 15.7. The van der Waals surface area contributed by atoms with Crippen molar-refractivity contribution in [3.8, 4) is 0 Å². The molecule has 2 heterocycles. The molecule has 0 N–H and O–H groups in total. The second-order valence-electron chi connectivity index (χ2n) is 9.16. The fourth-order valence-corrected chi connectivity index (χ4v) is 4.47. The van der Waals surface area contributed by atoms with E-state index in [2.05, 4.69) is 4.90 Å². The van der Waals surface area contributed by atoms with Gasteiger partial charge >= 0.3 is 12.1 Å². The molecule has 4 rings (SSSR count). The quantitative estimate of drug-likeness (QED) is 0.607. The van der Waals surface area contributed by atoms with Gasteiger partial charge in [0.05, 0.1) is 24.4 Å². The zero-order valence-electron chi connectivity index (χ0n) is 19.3. The lowest BCUT2D eigenvalue weighted by molar-refractivity contribution is -0.133. The molecule has 1 aliphatic heterocycles. The summed E-state index contributed by atoms with van der Waals surface area (Å²) in [7, 11) is 1.37. The number of ether oxygens (including phenoxy) is 2. The van der Waals surface area contributed by atoms with E-state index >= 15 is 0 Å². The molecule has 1 aliphatic carbocycles. The number of hydrogen-bond donors (Lipinski definition) is 0. The molecular formula is C25H28ClN3O4. The number of aromatic nitrogens is 1. The number of carbonyl (C=O) groups is 2. The maximum Gasteiger partial charge on any atom is 0.410 e. The van der Waals surface area contributed by atoms with Crippen LogP contribution >= 0.6 is 11.6 Å². The van der Waals surface area contributed by atoms with E-state index in [1.54, 1.807) is 17.2 Å². The summed E-state index contributed by atoms with van der Waals surface area (Å²) in [6.07, 6.45) is 3.28. The standard InChI is InChI=1S/C25H28ClN3O4/c1-25(2,3)33-24(31)29-12-10-28(11-13-29)22-18-8-7-17(26)15-19(18)20(23(30)32-4)14-16-6-5-9-27-21(16)22/h5-9,14-15,22H,10-13H2,1-4H3. The number of halogens is 1. The van der Waals surface area contributed by atoms with Crippen molar-refractivity contribution in [2.24, 2.45) is 0 Å². The van der Waals surface area contributed by atoms with E-state index < -0.39 is 11.6 Å². The molecule has 33 heavy (non-hydrogen) atoms. The van der Waals surface area contributed by atoms with Crippen LogP contribution in [0.5, 0.6) is 0 Å². The van der Waals surface area contributed by atoms with E-state index in [0.717, 1.165) is 22.4 Å². The van der Waals surface area contributed by atoms with Crippen LogP contribution < -0.4 is 0 Å². The van der Waals surface area contributed by atoms with Crippen LogP contribution in [0.1, 0.15) is 49.2 Å². The molecule has 1 aromatic carbocycles. The molecule has 1 fully saturated rings. The van der Waals surface area contributed by atoms with Crippen molar-refractivity contribution in [3.05, 3.63) is 63.9 Å². The molecule has 0 spiro atoms. The highest BCUT2D eigenvalue weighted by Gasteiger charge is 2.35. The van der Waals surface area contributed by atoms with Crippen molar-refractivity contribution < 1.29 is 19.1 Å². The van der Waals surface area contributed by atoms with Crippen LogP contribution in [0.2, 0.25) is 5.02 Å². The lowest BCUT2D eigenvalue weighted by atomic mass is 9.93. The smallest absolute Gasteiger partial charge is 0.410 e. The average molecular weight is 470 g/mol. The van der Waals surface area contributed by atoms with Crippen LogP contribution in [-0.4, -0.2) is 65.7 Å². The minimum Gasteiger partial charge on any atom is -0.465 e. The summed E-state index contributed by atoms with van der Waals surface area (Å²) in [4.78, 5) is 34.0. The molecule has 8 heteroatoms. The van der Waals surface area contributed by atoms with Crippen molar-refractivity contribution in [1.82, 2.24) is 14.8 Å². The van der Waals surface area contributed by atoms with Gasteiger partial charge < -0.3 is 14.4 Å². The number of nitrogens with zero attached hydrogens (tertiary/aromatic N) is 3. The summed E-state index contributed by atoms with van der Waals surface area (Å²) in [5, 5.41) is 0.538. The van der Waals surface area contributed by atoms with E-state index in [0.29, 0.717) is 36.8 Å². The Morgan fingerprint density at radius 3 is 2.52 bits per heavy atom. The molecule has 2 aliphatic rings. The molecular weight excluding hydrogens is 442 g/mol. The minimum absolute atomic E-state index is 0.201. The summed E-state index contributed by atoms with van der Waals surface area (Å²) in [6, 6.07) is 9.17. The number of rotatable bonds is 2. The van der Waals surface area contributed by atoms with Crippen LogP contribution in [0.4, 0.5) is 4.79 Å². The molecule has 7 nitrogen and oxygen atoms in total. The fraction of sp³-hybridized carbons (Fsp3) is 0.400. The monoisotopic (exact) mass is 469 g/mol. The molecule has 1 amide bonds. The van der Waals surface area contributed by atoms with Gasteiger partial charge in [0.15, 0.2) is 0 Å². The van der Waals surface area contributed by atoms with E-state index in [4.69, 9.17) is 26.1 Å². The van der Waals surface area contributed by atoms with E-state index in [1.807, 2.05) is 51.1 Å². The van der Waals surface area contributed by atoms with Crippen LogP contribution in [0.15, 0.2) is 36.5 Å².